The topological polar surface area (TPSA) is 319 Å². The van der Waals surface area contributed by atoms with Crippen molar-refractivity contribution in [1.82, 2.24) is 80.5 Å². The number of aryl methyl sites for hydroxylation is 2. The molecule has 544 valence electrons. The zero-order valence-electron chi connectivity index (χ0n) is 59.6. The molecule has 3 atom stereocenters. The maximum atomic E-state index is 13.4. The molecule has 6 N–H and O–H groups in total. The normalized spacial score (nSPS) is 14.6. The first kappa shape index (κ1) is 86.6. The maximum absolute atomic E-state index is 13.4. The van der Waals surface area contributed by atoms with Gasteiger partial charge in [-0.15, -0.1) is 6.42 Å². The van der Waals surface area contributed by atoms with Gasteiger partial charge in [-0.3, -0.25) is 19.8 Å². The van der Waals surface area contributed by atoms with Crippen LogP contribution < -0.4 is 21.3 Å². The zero-order chi connectivity index (χ0) is 75.4. The third-order valence-electron chi connectivity index (χ3n) is 15.5. The molecule has 0 bridgehead atoms. The Hall–Kier alpha value is -13.8. The third-order valence-corrected chi connectivity index (χ3v) is 15.5. The van der Waals surface area contributed by atoms with Crippen LogP contribution in [0.4, 0.5) is 32.1 Å². The minimum atomic E-state index is -1.08. The summed E-state index contributed by atoms with van der Waals surface area (Å²) in [6.45, 7) is 12.6. The lowest BCUT2D eigenvalue weighted by molar-refractivity contribution is -0.148. The monoisotopic (exact) mass is 1480 g/mol. The third kappa shape index (κ3) is 25.6. The number of hydrogen-bond acceptors (Lipinski definition) is 18. The van der Waals surface area contributed by atoms with Gasteiger partial charge in [0.05, 0.1) is 55.0 Å². The number of halogens is 2. The Labute approximate surface area is 641 Å². The first-order valence-corrected chi connectivity index (χ1v) is 32.0. The van der Waals surface area contributed by atoms with Gasteiger partial charge in [0.15, 0.2) is 57.9 Å². The molecule has 108 heavy (non-hydrogen) atoms. The van der Waals surface area contributed by atoms with Gasteiger partial charge in [0, 0.05) is 62.5 Å². The summed E-state index contributed by atoms with van der Waals surface area (Å²) in [5.41, 5.74) is 3.60. The molecule has 1 unspecified atom stereocenters. The van der Waals surface area contributed by atoms with E-state index in [-0.39, 0.29) is 75.6 Å². The van der Waals surface area contributed by atoms with Crippen LogP contribution in [0.3, 0.4) is 0 Å². The van der Waals surface area contributed by atoms with Crippen LogP contribution in [-0.2, 0) is 19.1 Å². The van der Waals surface area contributed by atoms with Crippen molar-refractivity contribution >= 4 is 67.7 Å². The molecule has 28 heteroatoms. The van der Waals surface area contributed by atoms with E-state index in [0.717, 1.165) is 40.5 Å². The fourth-order valence-corrected chi connectivity index (χ4v) is 10.1. The van der Waals surface area contributed by atoms with Gasteiger partial charge in [0.2, 0.25) is 0 Å². The Morgan fingerprint density at radius 1 is 0.583 bits per heavy atom. The van der Waals surface area contributed by atoms with Crippen LogP contribution in [0.1, 0.15) is 150 Å². The van der Waals surface area contributed by atoms with Crippen molar-refractivity contribution in [2.75, 3.05) is 24.9 Å². The molecule has 8 heterocycles. The first-order valence-electron chi connectivity index (χ1n) is 32.0. The molecule has 1 fully saturated rings. The molecule has 8 aromatic rings. The largest absolute Gasteiger partial charge is 0.368 e. The molecule has 2 amide bonds. The number of carbonyl (C=O) groups excluding carboxylic acids is 2. The number of rotatable bonds is 16. The van der Waals surface area contributed by atoms with Crippen molar-refractivity contribution in [2.24, 2.45) is 0 Å². The summed E-state index contributed by atoms with van der Waals surface area (Å²) in [4.78, 5) is 53.4. The molecule has 0 radical (unpaired) electrons. The highest BCUT2D eigenvalue weighted by molar-refractivity contribution is 7.59. The van der Waals surface area contributed by atoms with Crippen molar-refractivity contribution in [3.05, 3.63) is 149 Å². The quantitative estimate of drug-likeness (QED) is 0.0490. The van der Waals surface area contributed by atoms with Crippen molar-refractivity contribution in [2.45, 2.75) is 130 Å². The maximum Gasteiger partial charge on any atom is 0.253 e. The summed E-state index contributed by atoms with van der Waals surface area (Å²) in [7, 11) is 3.06. The molecule has 0 aliphatic heterocycles. The van der Waals surface area contributed by atoms with Gasteiger partial charge in [0.25, 0.3) is 11.8 Å². The molecule has 8 aromatic heterocycles. The number of methoxy groups -OCH3 is 2. The molecule has 1 saturated carbocycles. The van der Waals surface area contributed by atoms with E-state index in [4.69, 9.17) is 15.9 Å². The van der Waals surface area contributed by atoms with Gasteiger partial charge in [-0.05, 0) is 222 Å². The minimum absolute atomic E-state index is 0. The van der Waals surface area contributed by atoms with Crippen LogP contribution >= 0.6 is 27.0 Å². The number of amides is 2. The molecular weight excluding hydrogens is 1410 g/mol. The second kappa shape index (κ2) is 44.7. The minimum Gasteiger partial charge on any atom is -0.368 e. The molecular formula is C80H74F2N20O4S2. The molecule has 2 aliphatic carbocycles. The predicted molar refractivity (Wildman–Crippen MR) is 416 cm³/mol. The van der Waals surface area contributed by atoms with E-state index in [0.29, 0.717) is 91.2 Å². The van der Waals surface area contributed by atoms with E-state index in [1.807, 2.05) is 52.0 Å². The van der Waals surface area contributed by atoms with E-state index < -0.39 is 22.8 Å². The molecule has 0 aromatic carbocycles. The molecule has 24 nitrogen and oxygen atoms in total. The summed E-state index contributed by atoms with van der Waals surface area (Å²) in [5, 5.41) is 53.4. The number of nitriles is 2. The lowest BCUT2D eigenvalue weighted by Gasteiger charge is -2.38. The smallest absolute Gasteiger partial charge is 0.253 e. The SMILES string of the molecule is C.C#CC#CC#CC#CC#CC#CC.CC#CC#CC#CC#CC#CC.COC1(C(=O)N[C@@H](C)c2ccc(-n3cc(F)cn3)nc2)CC=C(c2nc(Nc3cc(C)[nH]n3)cnc2C#N)CC1.COC1(C(=O)N[C@@H](C)c2ccc(-n3cc(F)cn3)nc2)CCC(c2nc(Nc3cc(C)[nH]n3)cnc2C#N)CC1.S.S. The number of aromatic nitrogens is 14. The average Bonchev–Trinajstić information content (AvgIpc) is 1.30. The molecule has 0 saturated heterocycles. The van der Waals surface area contributed by atoms with Crippen molar-refractivity contribution in [1.29, 1.82) is 10.5 Å². The zero-order valence-corrected chi connectivity index (χ0v) is 61.6. The number of hydrogen-bond donors (Lipinski definition) is 6. The molecule has 2 aliphatic rings. The average molecular weight is 1480 g/mol. The van der Waals surface area contributed by atoms with E-state index in [1.54, 1.807) is 58.5 Å². The Balaban J connectivity index is 0.000000341. The summed E-state index contributed by atoms with van der Waals surface area (Å²) < 4.78 is 40.8. The number of anilines is 4. The van der Waals surface area contributed by atoms with E-state index in [1.165, 1.54) is 41.3 Å². The number of aromatic amines is 2. The highest BCUT2D eigenvalue weighted by Crippen LogP contribution is 2.41. The van der Waals surface area contributed by atoms with Crippen LogP contribution in [0.15, 0.2) is 92.0 Å². The number of allylic oxidation sites excluding steroid dienone is 1. The number of ether oxygens (including phenoxy) is 2. The van der Waals surface area contributed by atoms with Crippen LogP contribution in [0, 0.1) is 179 Å². The second-order valence-corrected chi connectivity index (χ2v) is 22.4. The predicted octanol–water partition coefficient (Wildman–Crippen LogP) is 10.00. The summed E-state index contributed by atoms with van der Waals surface area (Å²) in [6, 6.07) is 14.3. The number of nitrogens with zero attached hydrogens (tertiary/aromatic N) is 14. The first-order chi connectivity index (χ1) is 50.9. The van der Waals surface area contributed by atoms with Crippen LogP contribution in [0.5, 0.6) is 0 Å². The summed E-state index contributed by atoms with van der Waals surface area (Å²) >= 11 is 0. The van der Waals surface area contributed by atoms with E-state index >= 15 is 0 Å². The summed E-state index contributed by atoms with van der Waals surface area (Å²) in [5.74, 6) is 54.1. The Kier molecular flexibility index (Phi) is 35.8. The van der Waals surface area contributed by atoms with Crippen molar-refractivity contribution in [3.63, 3.8) is 0 Å². The van der Waals surface area contributed by atoms with Crippen molar-refractivity contribution in [3.8, 4) is 155 Å². The number of H-pyrrole nitrogens is 2. The lowest BCUT2D eigenvalue weighted by Crippen LogP contribution is -2.50. The number of carbonyl (C=O) groups is 2. The fraction of sp³-hybridized carbons (Fsp3) is 0.275. The Bertz CT molecular complexity index is 5280. The van der Waals surface area contributed by atoms with Crippen molar-refractivity contribution < 1.29 is 27.8 Å². The lowest BCUT2D eigenvalue weighted by atomic mass is 9.76. The number of nitrogens with one attached hydrogen (secondary N) is 6. The standard InChI is InChI=1S/C27H29FN10O2.C27H27FN10O2.C13H4.C12H6.CH4.2H2S/c2*1-16-10-22(37-36-16)34-23-14-30-21(11-29)25(35-23)18-6-8-27(40-3,9-7-18)26(39)33-17(2)19-4-5-24(31-12-19)38-15-20(28)13-32-38;1-3-5-7-9-11-13-12-10-8-6-4-2;1-3-5-7-9-11-12-10-8-6-4-2;;;/h4-5,10,12-15,17-18H,6-9H2,1-3H3,(H,33,39)(H2,34,35,36,37);4-6,10,12-15,17H,7-9H2,1-3H3,(H,33,39)(H2,34,35,36,37);1H,2H3;1-2H3;1H4;2*1H2/t17-,18?,27?;17-,27?;;;;;/m00...../s1. The highest BCUT2D eigenvalue weighted by Gasteiger charge is 2.44. The van der Waals surface area contributed by atoms with Gasteiger partial charge >= 0.3 is 0 Å². The van der Waals surface area contributed by atoms with Crippen LogP contribution in [-0.4, -0.2) is 107 Å². The Morgan fingerprint density at radius 3 is 1.37 bits per heavy atom. The summed E-state index contributed by atoms with van der Waals surface area (Å²) in [6.07, 6.45) is 20.9. The second-order valence-electron chi connectivity index (χ2n) is 22.4. The van der Waals surface area contributed by atoms with Gasteiger partial charge in [-0.2, -0.15) is 57.9 Å². The van der Waals surface area contributed by atoms with E-state index in [2.05, 4.69) is 218 Å². The van der Waals surface area contributed by atoms with Gasteiger partial charge in [-0.1, -0.05) is 43.4 Å². The van der Waals surface area contributed by atoms with E-state index in [9.17, 15) is 28.9 Å². The number of terminal acetylenes is 1. The van der Waals surface area contributed by atoms with Crippen LogP contribution in [0.25, 0.3) is 17.2 Å². The fourth-order valence-electron chi connectivity index (χ4n) is 10.1. The Morgan fingerprint density at radius 2 is 1.01 bits per heavy atom. The van der Waals surface area contributed by atoms with Gasteiger partial charge < -0.3 is 30.7 Å². The van der Waals surface area contributed by atoms with Crippen LogP contribution in [0.2, 0.25) is 0 Å². The number of pyridine rings is 2. The van der Waals surface area contributed by atoms with Gasteiger partial charge in [-0.25, -0.2) is 48.0 Å². The molecule has 10 rings (SSSR count). The molecule has 0 spiro atoms. The van der Waals surface area contributed by atoms with Gasteiger partial charge in [0.1, 0.15) is 29.0 Å². The highest BCUT2D eigenvalue weighted by atomic mass is 32.1.